The van der Waals surface area contributed by atoms with Gasteiger partial charge in [-0.05, 0) is 18.1 Å². The summed E-state index contributed by atoms with van der Waals surface area (Å²) in [6.07, 6.45) is 2.52. The summed E-state index contributed by atoms with van der Waals surface area (Å²) in [5.74, 6) is 2.31. The molecule has 14 heavy (non-hydrogen) atoms. The molecule has 0 saturated carbocycles. The number of aryl methyl sites for hydroxylation is 2. The van der Waals surface area contributed by atoms with Gasteiger partial charge in [-0.2, -0.15) is 13.3 Å². The second-order valence-electron chi connectivity index (χ2n) is 4.22. The third kappa shape index (κ3) is 2.12. The Hall–Kier alpha value is 0.324. The normalized spacial score (nSPS) is 21.2. The Morgan fingerprint density at radius 3 is 2.79 bits per heavy atom. The van der Waals surface area contributed by atoms with E-state index in [2.05, 4.69) is 39.0 Å². The fourth-order valence-electron chi connectivity index (χ4n) is 2.37. The molecule has 0 amide bonds. The minimum Gasteiger partial charge on any atom is -0.309 e. The standard InChI is InChI=1S/C13H17.Y/c1-9-7-8-12-6-4-5-10(2)13(12)11(9)3;/h4-6,11H,7-8H2,1-3H3;/q-1;. The van der Waals surface area contributed by atoms with Gasteiger partial charge in [0, 0.05) is 32.7 Å². The molecule has 0 aromatic heterocycles. The molecule has 1 unspecified atom stereocenters. The van der Waals surface area contributed by atoms with Gasteiger partial charge in [0.1, 0.15) is 0 Å². The molecule has 2 rings (SSSR count). The maximum atomic E-state index is 2.33. The molecule has 0 heterocycles. The van der Waals surface area contributed by atoms with E-state index in [4.69, 9.17) is 0 Å². The molecule has 1 atom stereocenters. The van der Waals surface area contributed by atoms with Crippen molar-refractivity contribution >= 4 is 0 Å². The molecular formula is C13H17Y-. The predicted octanol–water partition coefficient (Wildman–Crippen LogP) is 3.64. The number of benzene rings is 1. The first-order valence-corrected chi connectivity index (χ1v) is 5.11. The molecule has 1 heteroatoms. The smallest absolute Gasteiger partial charge is 0 e. The molecule has 0 fully saturated rings. The van der Waals surface area contributed by atoms with Gasteiger partial charge in [-0.3, -0.25) is 0 Å². The summed E-state index contributed by atoms with van der Waals surface area (Å²) in [6, 6.07) is 6.70. The summed E-state index contributed by atoms with van der Waals surface area (Å²) in [5, 5.41) is 0. The fraction of sp³-hybridized carbons (Fsp3) is 0.462. The maximum Gasteiger partial charge on any atom is 0 e. The van der Waals surface area contributed by atoms with Crippen molar-refractivity contribution in [1.82, 2.24) is 0 Å². The first kappa shape index (κ1) is 12.4. The number of rotatable bonds is 0. The number of fused-ring (bicyclic) bond motifs is 1. The maximum absolute atomic E-state index is 2.33. The van der Waals surface area contributed by atoms with Gasteiger partial charge < -0.3 is 5.92 Å². The van der Waals surface area contributed by atoms with E-state index in [0.29, 0.717) is 5.92 Å². The molecular weight excluding hydrogens is 245 g/mol. The second-order valence-corrected chi connectivity index (χ2v) is 4.22. The first-order valence-electron chi connectivity index (χ1n) is 5.11. The van der Waals surface area contributed by atoms with E-state index in [1.807, 2.05) is 0 Å². The average Bonchev–Trinajstić information content (AvgIpc) is 2.12. The fourth-order valence-corrected chi connectivity index (χ4v) is 2.37. The zero-order chi connectivity index (χ0) is 9.42. The van der Waals surface area contributed by atoms with Crippen LogP contribution in [-0.4, -0.2) is 0 Å². The molecule has 1 aromatic carbocycles. The molecule has 0 aliphatic heterocycles. The Kier molecular flexibility index (Phi) is 4.34. The van der Waals surface area contributed by atoms with Gasteiger partial charge in [-0.25, -0.2) is 0 Å². The van der Waals surface area contributed by atoms with Crippen molar-refractivity contribution in [1.29, 1.82) is 0 Å². The Morgan fingerprint density at radius 2 is 2.07 bits per heavy atom. The minimum atomic E-state index is 0. The monoisotopic (exact) mass is 262 g/mol. The number of hydrogen-bond acceptors (Lipinski definition) is 0. The van der Waals surface area contributed by atoms with Crippen LogP contribution in [0.5, 0.6) is 0 Å². The van der Waals surface area contributed by atoms with Gasteiger partial charge >= 0.3 is 0 Å². The van der Waals surface area contributed by atoms with Crippen LogP contribution in [0.4, 0.5) is 0 Å². The van der Waals surface area contributed by atoms with Crippen LogP contribution in [0.1, 0.15) is 42.9 Å². The molecule has 0 spiro atoms. The van der Waals surface area contributed by atoms with Gasteiger partial charge in [0.2, 0.25) is 0 Å². The molecule has 1 radical (unpaired) electrons. The predicted molar refractivity (Wildman–Crippen MR) is 56.8 cm³/mol. The van der Waals surface area contributed by atoms with Crippen LogP contribution in [-0.2, 0) is 39.1 Å². The minimum absolute atomic E-state index is 0. The van der Waals surface area contributed by atoms with E-state index in [1.165, 1.54) is 18.4 Å². The second kappa shape index (κ2) is 4.90. The molecule has 73 valence electrons. The number of hydrogen-bond donors (Lipinski definition) is 0. The van der Waals surface area contributed by atoms with Crippen LogP contribution < -0.4 is 0 Å². The molecule has 0 nitrogen and oxygen atoms in total. The Labute approximate surface area is 112 Å². The van der Waals surface area contributed by atoms with Gasteiger partial charge in [-0.15, -0.1) is 5.92 Å². The van der Waals surface area contributed by atoms with Gasteiger partial charge in [0.15, 0.2) is 0 Å². The first-order chi connectivity index (χ1) is 6.20. The molecule has 0 N–H and O–H groups in total. The van der Waals surface area contributed by atoms with E-state index < -0.39 is 0 Å². The largest absolute Gasteiger partial charge is 0.309 e. The SMILES string of the molecule is Cc1cccc2c1C(C)[C-](C)CC2.[Y]. The average molecular weight is 262 g/mol. The van der Waals surface area contributed by atoms with E-state index in [1.54, 1.807) is 17.0 Å². The van der Waals surface area contributed by atoms with Crippen LogP contribution in [0.3, 0.4) is 0 Å². The third-order valence-electron chi connectivity index (χ3n) is 3.38. The Bertz CT molecular complexity index is 317. The topological polar surface area (TPSA) is 0 Å². The van der Waals surface area contributed by atoms with Crippen molar-refractivity contribution in [3.63, 3.8) is 0 Å². The van der Waals surface area contributed by atoms with E-state index in [0.717, 1.165) is 0 Å². The van der Waals surface area contributed by atoms with Crippen molar-refractivity contribution in [3.05, 3.63) is 40.8 Å². The zero-order valence-corrected chi connectivity index (χ0v) is 12.1. The molecule has 1 aliphatic carbocycles. The van der Waals surface area contributed by atoms with E-state index in [9.17, 15) is 0 Å². The Morgan fingerprint density at radius 1 is 1.36 bits per heavy atom. The summed E-state index contributed by atoms with van der Waals surface area (Å²) >= 11 is 0. The van der Waals surface area contributed by atoms with Crippen molar-refractivity contribution < 1.29 is 32.7 Å². The van der Waals surface area contributed by atoms with Crippen LogP contribution in [0.2, 0.25) is 0 Å². The van der Waals surface area contributed by atoms with Crippen molar-refractivity contribution in [2.45, 2.75) is 39.5 Å². The van der Waals surface area contributed by atoms with Crippen LogP contribution in [0.15, 0.2) is 18.2 Å². The van der Waals surface area contributed by atoms with Crippen LogP contribution >= 0.6 is 0 Å². The zero-order valence-electron chi connectivity index (χ0n) is 9.30. The summed E-state index contributed by atoms with van der Waals surface area (Å²) in [7, 11) is 0. The summed E-state index contributed by atoms with van der Waals surface area (Å²) < 4.78 is 0. The van der Waals surface area contributed by atoms with Crippen molar-refractivity contribution in [3.8, 4) is 0 Å². The summed E-state index contributed by atoms with van der Waals surface area (Å²) in [4.78, 5) is 0. The van der Waals surface area contributed by atoms with Gasteiger partial charge in [-0.1, -0.05) is 37.1 Å². The molecule has 0 bridgehead atoms. The summed E-state index contributed by atoms with van der Waals surface area (Å²) in [6.45, 7) is 6.86. The van der Waals surface area contributed by atoms with Gasteiger partial charge in [0.25, 0.3) is 0 Å². The van der Waals surface area contributed by atoms with Crippen LogP contribution in [0, 0.1) is 12.8 Å². The van der Waals surface area contributed by atoms with Crippen molar-refractivity contribution in [2.75, 3.05) is 0 Å². The Balaban J connectivity index is 0.000000980. The molecule has 0 saturated heterocycles. The van der Waals surface area contributed by atoms with E-state index in [-0.39, 0.29) is 32.7 Å². The van der Waals surface area contributed by atoms with Crippen LogP contribution in [0.25, 0.3) is 0 Å². The summed E-state index contributed by atoms with van der Waals surface area (Å²) in [5.41, 5.74) is 4.62. The van der Waals surface area contributed by atoms with E-state index >= 15 is 0 Å². The quantitative estimate of drug-likeness (QED) is 0.626. The van der Waals surface area contributed by atoms with Gasteiger partial charge in [0.05, 0.1) is 0 Å². The molecule has 1 aliphatic rings. The third-order valence-corrected chi connectivity index (χ3v) is 3.38. The van der Waals surface area contributed by atoms with Crippen molar-refractivity contribution in [2.24, 2.45) is 0 Å². The molecule has 1 aromatic rings.